The molecule has 1 aliphatic heterocycles. The SMILES string of the molecule is COc1cccc2c1C(=O)c1c(O)c(COC3CC(N)C(O)C(C)O3)cc(O)c1C2=O.Cl. The van der Waals surface area contributed by atoms with Crippen molar-refractivity contribution in [3.8, 4) is 17.2 Å². The lowest BCUT2D eigenvalue weighted by atomic mass is 9.81. The van der Waals surface area contributed by atoms with Crippen LogP contribution in [0.1, 0.15) is 50.8 Å². The molecule has 4 atom stereocenters. The molecule has 32 heavy (non-hydrogen) atoms. The number of halogens is 1. The molecule has 2 aliphatic rings. The Hall–Kier alpha value is -2.69. The molecule has 1 saturated heterocycles. The number of aromatic hydroxyl groups is 2. The van der Waals surface area contributed by atoms with Crippen LogP contribution >= 0.6 is 12.4 Å². The Morgan fingerprint density at radius 2 is 1.88 bits per heavy atom. The quantitative estimate of drug-likeness (QED) is 0.422. The third-order valence-electron chi connectivity index (χ3n) is 5.71. The van der Waals surface area contributed by atoms with Crippen LogP contribution in [0.3, 0.4) is 0 Å². The first-order valence-electron chi connectivity index (χ1n) is 9.79. The van der Waals surface area contributed by atoms with Crippen LogP contribution in [0.15, 0.2) is 24.3 Å². The summed E-state index contributed by atoms with van der Waals surface area (Å²) in [6.45, 7) is 1.45. The van der Waals surface area contributed by atoms with Gasteiger partial charge in [-0.2, -0.15) is 0 Å². The lowest BCUT2D eigenvalue weighted by Gasteiger charge is -2.36. The molecule has 0 bridgehead atoms. The summed E-state index contributed by atoms with van der Waals surface area (Å²) in [5.41, 5.74) is 5.54. The number of ketones is 2. The van der Waals surface area contributed by atoms with Crippen LogP contribution in [0.4, 0.5) is 0 Å². The number of carbonyl (C=O) groups is 2. The summed E-state index contributed by atoms with van der Waals surface area (Å²) in [6, 6.07) is 5.22. The van der Waals surface area contributed by atoms with Gasteiger partial charge in [0.1, 0.15) is 17.2 Å². The molecule has 172 valence electrons. The van der Waals surface area contributed by atoms with Crippen LogP contribution in [-0.4, -0.2) is 58.5 Å². The summed E-state index contributed by atoms with van der Waals surface area (Å²) < 4.78 is 16.4. The number of hydrogen-bond donors (Lipinski definition) is 4. The number of phenolic OH excluding ortho intramolecular Hbond substituents is 2. The van der Waals surface area contributed by atoms with Crippen molar-refractivity contribution < 1.29 is 39.1 Å². The number of carbonyl (C=O) groups excluding carboxylic acids is 2. The fourth-order valence-electron chi connectivity index (χ4n) is 4.03. The van der Waals surface area contributed by atoms with E-state index in [1.807, 2.05) is 0 Å². The van der Waals surface area contributed by atoms with Gasteiger partial charge in [-0.05, 0) is 19.1 Å². The van der Waals surface area contributed by atoms with E-state index in [4.69, 9.17) is 19.9 Å². The average molecular weight is 466 g/mol. The van der Waals surface area contributed by atoms with Crippen molar-refractivity contribution in [1.82, 2.24) is 0 Å². The highest BCUT2D eigenvalue weighted by atomic mass is 35.5. The zero-order chi connectivity index (χ0) is 22.4. The second kappa shape index (κ2) is 9.05. The number of nitrogens with two attached hydrogens (primary N) is 1. The van der Waals surface area contributed by atoms with Crippen LogP contribution in [0.5, 0.6) is 17.2 Å². The van der Waals surface area contributed by atoms with Crippen LogP contribution < -0.4 is 10.5 Å². The normalized spacial score (nSPS) is 24.4. The summed E-state index contributed by atoms with van der Waals surface area (Å²) in [4.78, 5) is 26.1. The van der Waals surface area contributed by atoms with Crippen molar-refractivity contribution in [1.29, 1.82) is 0 Å². The van der Waals surface area contributed by atoms with Crippen molar-refractivity contribution in [2.24, 2.45) is 5.73 Å². The van der Waals surface area contributed by atoms with Crippen molar-refractivity contribution in [3.05, 3.63) is 52.1 Å². The first-order chi connectivity index (χ1) is 14.7. The maximum atomic E-state index is 13.2. The molecule has 10 heteroatoms. The molecule has 0 spiro atoms. The highest BCUT2D eigenvalue weighted by Gasteiger charge is 2.38. The molecule has 0 aromatic heterocycles. The van der Waals surface area contributed by atoms with E-state index in [0.29, 0.717) is 0 Å². The second-order valence-electron chi connectivity index (χ2n) is 7.67. The zero-order valence-corrected chi connectivity index (χ0v) is 18.2. The Morgan fingerprint density at radius 1 is 1.16 bits per heavy atom. The van der Waals surface area contributed by atoms with Crippen LogP contribution in [0.2, 0.25) is 0 Å². The monoisotopic (exact) mass is 465 g/mol. The smallest absolute Gasteiger partial charge is 0.202 e. The van der Waals surface area contributed by atoms with Gasteiger partial charge in [-0.15, -0.1) is 12.4 Å². The van der Waals surface area contributed by atoms with Crippen molar-refractivity contribution in [3.63, 3.8) is 0 Å². The molecular weight excluding hydrogens is 442 g/mol. The minimum absolute atomic E-state index is 0. The molecule has 2 aromatic rings. The minimum atomic E-state index is -0.820. The predicted octanol–water partition coefficient (Wildman–Crippen LogP) is 1.64. The molecule has 4 unspecified atom stereocenters. The van der Waals surface area contributed by atoms with E-state index in [9.17, 15) is 24.9 Å². The molecule has 0 amide bonds. The number of ether oxygens (including phenoxy) is 3. The topological polar surface area (TPSA) is 149 Å². The van der Waals surface area contributed by atoms with Gasteiger partial charge in [-0.3, -0.25) is 9.59 Å². The number of rotatable bonds is 4. The largest absolute Gasteiger partial charge is 0.507 e. The molecule has 1 aliphatic carbocycles. The fourth-order valence-corrected chi connectivity index (χ4v) is 4.03. The number of aliphatic hydroxyl groups is 1. The van der Waals surface area contributed by atoms with Crippen molar-refractivity contribution in [2.45, 2.75) is 44.5 Å². The van der Waals surface area contributed by atoms with E-state index in [1.165, 1.54) is 25.3 Å². The summed E-state index contributed by atoms with van der Waals surface area (Å²) in [5.74, 6) is -1.93. The van der Waals surface area contributed by atoms with E-state index in [2.05, 4.69) is 0 Å². The fraction of sp³-hybridized carbons (Fsp3) is 0.364. The Morgan fingerprint density at radius 3 is 2.53 bits per heavy atom. The van der Waals surface area contributed by atoms with Gasteiger partial charge in [0.05, 0.1) is 42.6 Å². The predicted molar refractivity (Wildman–Crippen MR) is 115 cm³/mol. The number of fused-ring (bicyclic) bond motifs is 2. The maximum Gasteiger partial charge on any atom is 0.202 e. The highest BCUT2D eigenvalue weighted by molar-refractivity contribution is 6.31. The standard InChI is InChI=1S/C22H23NO8.ClH/c1-9-19(25)12(23)7-15(31-9)30-8-10-6-13(24)17-18(20(10)26)22(28)16-11(21(17)27)4-3-5-14(16)29-2;/h3-6,9,12,15,19,24-26H,7-8,23H2,1-2H3;1H. The van der Waals surface area contributed by atoms with E-state index >= 15 is 0 Å². The first kappa shape index (κ1) is 24.0. The summed E-state index contributed by atoms with van der Waals surface area (Å²) in [7, 11) is 1.37. The number of benzene rings is 2. The zero-order valence-electron chi connectivity index (χ0n) is 17.4. The Bertz CT molecular complexity index is 1060. The van der Waals surface area contributed by atoms with E-state index < -0.39 is 47.6 Å². The van der Waals surface area contributed by atoms with Crippen LogP contribution in [0, 0.1) is 0 Å². The highest BCUT2D eigenvalue weighted by Crippen LogP contribution is 2.42. The van der Waals surface area contributed by atoms with Gasteiger partial charge in [-0.25, -0.2) is 0 Å². The third kappa shape index (κ3) is 3.82. The van der Waals surface area contributed by atoms with Gasteiger partial charge in [0.2, 0.25) is 5.78 Å². The van der Waals surface area contributed by atoms with Crippen LogP contribution in [0.25, 0.3) is 0 Å². The molecule has 2 aromatic carbocycles. The molecule has 0 saturated carbocycles. The van der Waals surface area contributed by atoms with Crippen molar-refractivity contribution in [2.75, 3.05) is 7.11 Å². The van der Waals surface area contributed by atoms with E-state index in [-0.39, 0.29) is 59.0 Å². The first-order valence-corrected chi connectivity index (χ1v) is 9.79. The number of phenols is 2. The van der Waals surface area contributed by atoms with E-state index in [0.717, 1.165) is 0 Å². The van der Waals surface area contributed by atoms with E-state index in [1.54, 1.807) is 13.0 Å². The van der Waals surface area contributed by atoms with Crippen LogP contribution in [-0.2, 0) is 16.1 Å². The van der Waals surface area contributed by atoms with Gasteiger partial charge in [0.15, 0.2) is 12.1 Å². The molecule has 0 radical (unpaired) electrons. The van der Waals surface area contributed by atoms with Gasteiger partial charge in [0.25, 0.3) is 0 Å². The molecule has 1 fully saturated rings. The van der Waals surface area contributed by atoms with Crippen molar-refractivity contribution >= 4 is 24.0 Å². The lowest BCUT2D eigenvalue weighted by molar-refractivity contribution is -0.226. The van der Waals surface area contributed by atoms with Gasteiger partial charge in [-0.1, -0.05) is 12.1 Å². The average Bonchev–Trinajstić information content (AvgIpc) is 2.75. The molecule has 9 nitrogen and oxygen atoms in total. The molecule has 5 N–H and O–H groups in total. The molecular formula is C22H24ClNO8. The van der Waals surface area contributed by atoms with Gasteiger partial charge < -0.3 is 35.3 Å². The second-order valence-corrected chi connectivity index (χ2v) is 7.67. The minimum Gasteiger partial charge on any atom is -0.507 e. The summed E-state index contributed by atoms with van der Waals surface area (Å²) in [5, 5.41) is 31.2. The van der Waals surface area contributed by atoms with Gasteiger partial charge in [0, 0.05) is 23.6 Å². The third-order valence-corrected chi connectivity index (χ3v) is 5.71. The Kier molecular flexibility index (Phi) is 6.77. The van der Waals surface area contributed by atoms with Gasteiger partial charge >= 0.3 is 0 Å². The summed E-state index contributed by atoms with van der Waals surface area (Å²) >= 11 is 0. The number of methoxy groups -OCH3 is 1. The molecule has 4 rings (SSSR count). The Balaban J connectivity index is 0.00000289. The Labute approximate surface area is 190 Å². The lowest BCUT2D eigenvalue weighted by Crippen LogP contribution is -2.51. The molecule has 1 heterocycles. The summed E-state index contributed by atoms with van der Waals surface area (Å²) in [6.07, 6.45) is -1.88. The number of aliphatic hydroxyl groups excluding tert-OH is 1. The maximum absolute atomic E-state index is 13.2. The number of hydrogen-bond acceptors (Lipinski definition) is 9.